The Hall–Kier alpha value is -0.930. The van der Waals surface area contributed by atoms with Crippen LogP contribution in [0.1, 0.15) is 5.56 Å². The lowest BCUT2D eigenvalue weighted by Crippen LogP contribution is -2.07. The van der Waals surface area contributed by atoms with Gasteiger partial charge in [0.15, 0.2) is 0 Å². The van der Waals surface area contributed by atoms with Crippen molar-refractivity contribution in [3.63, 3.8) is 0 Å². The van der Waals surface area contributed by atoms with E-state index in [1.807, 2.05) is 13.1 Å². The van der Waals surface area contributed by atoms with Crippen LogP contribution in [-0.2, 0) is 6.54 Å². The van der Waals surface area contributed by atoms with Crippen molar-refractivity contribution in [2.45, 2.75) is 6.54 Å². The molecule has 0 aliphatic rings. The molecule has 0 saturated heterocycles. The molecule has 0 aliphatic carbocycles. The molecule has 0 amide bonds. The predicted octanol–water partition coefficient (Wildman–Crippen LogP) is 2.08. The zero-order chi connectivity index (χ0) is 10.6. The SMILES string of the molecule is CNCc1c(OC)ccc(OC)c1Cl. The zero-order valence-corrected chi connectivity index (χ0v) is 9.31. The Labute approximate surface area is 89.0 Å². The summed E-state index contributed by atoms with van der Waals surface area (Å²) in [4.78, 5) is 0. The van der Waals surface area contributed by atoms with Crippen molar-refractivity contribution in [1.29, 1.82) is 0 Å². The summed E-state index contributed by atoms with van der Waals surface area (Å²) >= 11 is 6.13. The predicted molar refractivity (Wildman–Crippen MR) is 57.3 cm³/mol. The second-order valence-electron chi connectivity index (χ2n) is 2.79. The maximum Gasteiger partial charge on any atom is 0.138 e. The summed E-state index contributed by atoms with van der Waals surface area (Å²) in [7, 11) is 5.07. The van der Waals surface area contributed by atoms with Crippen molar-refractivity contribution in [2.75, 3.05) is 21.3 Å². The van der Waals surface area contributed by atoms with E-state index in [9.17, 15) is 0 Å². The van der Waals surface area contributed by atoms with Gasteiger partial charge < -0.3 is 14.8 Å². The molecule has 1 rings (SSSR count). The molecule has 0 unspecified atom stereocenters. The summed E-state index contributed by atoms with van der Waals surface area (Å²) in [5, 5.41) is 3.63. The Balaban J connectivity index is 3.16. The average Bonchev–Trinajstić information content (AvgIpc) is 2.21. The molecule has 1 aromatic carbocycles. The number of hydrogen-bond donors (Lipinski definition) is 1. The van der Waals surface area contributed by atoms with Gasteiger partial charge in [-0.1, -0.05) is 11.6 Å². The zero-order valence-electron chi connectivity index (χ0n) is 8.56. The Morgan fingerprint density at radius 2 is 1.79 bits per heavy atom. The van der Waals surface area contributed by atoms with Gasteiger partial charge in [0, 0.05) is 12.1 Å². The largest absolute Gasteiger partial charge is 0.496 e. The first-order valence-corrected chi connectivity index (χ1v) is 4.66. The minimum Gasteiger partial charge on any atom is -0.496 e. The van der Waals surface area contributed by atoms with Crippen LogP contribution in [0.4, 0.5) is 0 Å². The molecule has 1 N–H and O–H groups in total. The minimum atomic E-state index is 0.598. The highest BCUT2D eigenvalue weighted by atomic mass is 35.5. The summed E-state index contributed by atoms with van der Waals surface area (Å²) in [5.41, 5.74) is 0.913. The summed E-state index contributed by atoms with van der Waals surface area (Å²) < 4.78 is 10.3. The molecule has 0 aliphatic heterocycles. The molecule has 14 heavy (non-hydrogen) atoms. The molecule has 3 nitrogen and oxygen atoms in total. The molecule has 0 spiro atoms. The van der Waals surface area contributed by atoms with Crippen LogP contribution in [0, 0.1) is 0 Å². The van der Waals surface area contributed by atoms with Crippen LogP contribution in [0.3, 0.4) is 0 Å². The van der Waals surface area contributed by atoms with Gasteiger partial charge in [-0.3, -0.25) is 0 Å². The van der Waals surface area contributed by atoms with Crippen molar-refractivity contribution in [1.82, 2.24) is 5.32 Å². The lowest BCUT2D eigenvalue weighted by Gasteiger charge is -2.12. The topological polar surface area (TPSA) is 30.5 Å². The summed E-state index contributed by atoms with van der Waals surface area (Å²) in [6.45, 7) is 0.652. The normalized spacial score (nSPS) is 10.0. The third-order valence-corrected chi connectivity index (χ3v) is 2.37. The molecule has 0 heterocycles. The highest BCUT2D eigenvalue weighted by molar-refractivity contribution is 6.33. The van der Waals surface area contributed by atoms with Crippen LogP contribution < -0.4 is 14.8 Å². The molecule has 0 atom stereocenters. The highest BCUT2D eigenvalue weighted by Crippen LogP contribution is 2.34. The van der Waals surface area contributed by atoms with Crippen molar-refractivity contribution in [3.8, 4) is 11.5 Å². The van der Waals surface area contributed by atoms with Gasteiger partial charge in [0.25, 0.3) is 0 Å². The lowest BCUT2D eigenvalue weighted by atomic mass is 10.2. The molecule has 0 radical (unpaired) electrons. The number of nitrogens with one attached hydrogen (secondary N) is 1. The van der Waals surface area contributed by atoms with Gasteiger partial charge in [-0.15, -0.1) is 0 Å². The fraction of sp³-hybridized carbons (Fsp3) is 0.400. The number of halogens is 1. The van der Waals surface area contributed by atoms with E-state index in [2.05, 4.69) is 5.32 Å². The number of rotatable bonds is 4. The molecule has 0 fully saturated rings. The summed E-state index contributed by atoms with van der Waals surface area (Å²) in [5.74, 6) is 1.43. The number of ether oxygens (including phenoxy) is 2. The Morgan fingerprint density at radius 1 is 1.21 bits per heavy atom. The first-order valence-electron chi connectivity index (χ1n) is 4.28. The molecular formula is C10H14ClNO2. The third kappa shape index (κ3) is 2.11. The van der Waals surface area contributed by atoms with Crippen LogP contribution in [0.15, 0.2) is 12.1 Å². The molecule has 4 heteroatoms. The molecule has 0 aromatic heterocycles. The first-order chi connectivity index (χ1) is 6.74. The van der Waals surface area contributed by atoms with Crippen molar-refractivity contribution in [2.24, 2.45) is 0 Å². The van der Waals surface area contributed by atoms with E-state index in [-0.39, 0.29) is 0 Å². The molecule has 78 valence electrons. The van der Waals surface area contributed by atoms with E-state index in [0.717, 1.165) is 11.3 Å². The smallest absolute Gasteiger partial charge is 0.138 e. The fourth-order valence-electron chi connectivity index (χ4n) is 1.27. The summed E-state index contributed by atoms with van der Waals surface area (Å²) in [6, 6.07) is 3.64. The number of hydrogen-bond acceptors (Lipinski definition) is 3. The quantitative estimate of drug-likeness (QED) is 0.834. The maximum absolute atomic E-state index is 6.13. The van der Waals surface area contributed by atoms with E-state index >= 15 is 0 Å². The number of methoxy groups -OCH3 is 2. The van der Waals surface area contributed by atoms with Gasteiger partial charge in [-0.05, 0) is 19.2 Å². The van der Waals surface area contributed by atoms with Gasteiger partial charge in [-0.2, -0.15) is 0 Å². The van der Waals surface area contributed by atoms with Crippen molar-refractivity contribution < 1.29 is 9.47 Å². The van der Waals surface area contributed by atoms with Crippen LogP contribution in [0.25, 0.3) is 0 Å². The molecule has 0 bridgehead atoms. The van der Waals surface area contributed by atoms with E-state index in [1.54, 1.807) is 20.3 Å². The second-order valence-corrected chi connectivity index (χ2v) is 3.17. The van der Waals surface area contributed by atoms with Crippen molar-refractivity contribution in [3.05, 3.63) is 22.7 Å². The van der Waals surface area contributed by atoms with Gasteiger partial charge >= 0.3 is 0 Å². The van der Waals surface area contributed by atoms with Crippen LogP contribution in [0.2, 0.25) is 5.02 Å². The summed E-state index contributed by atoms with van der Waals surface area (Å²) in [6.07, 6.45) is 0. The van der Waals surface area contributed by atoms with Crippen LogP contribution >= 0.6 is 11.6 Å². The average molecular weight is 216 g/mol. The van der Waals surface area contributed by atoms with Crippen molar-refractivity contribution >= 4 is 11.6 Å². The van der Waals surface area contributed by atoms with Gasteiger partial charge in [0.1, 0.15) is 11.5 Å². The molecular weight excluding hydrogens is 202 g/mol. The Bertz CT molecular complexity index is 315. The van der Waals surface area contributed by atoms with Crippen LogP contribution in [-0.4, -0.2) is 21.3 Å². The van der Waals surface area contributed by atoms with Gasteiger partial charge in [0.2, 0.25) is 0 Å². The minimum absolute atomic E-state index is 0.598. The number of benzene rings is 1. The standard InChI is InChI=1S/C10H14ClNO2/c1-12-6-7-8(13-2)4-5-9(14-3)10(7)11/h4-5,12H,6H2,1-3H3. The monoisotopic (exact) mass is 215 g/mol. The van der Waals surface area contributed by atoms with Gasteiger partial charge in [0.05, 0.1) is 19.2 Å². The Kier molecular flexibility index (Phi) is 4.04. The Morgan fingerprint density at radius 3 is 2.29 bits per heavy atom. The molecule has 1 aromatic rings. The van der Waals surface area contributed by atoms with Crippen LogP contribution in [0.5, 0.6) is 11.5 Å². The second kappa shape index (κ2) is 5.08. The third-order valence-electron chi connectivity index (χ3n) is 1.96. The van der Waals surface area contributed by atoms with Gasteiger partial charge in [-0.25, -0.2) is 0 Å². The fourth-order valence-corrected chi connectivity index (χ4v) is 1.57. The maximum atomic E-state index is 6.13. The van der Waals surface area contributed by atoms with E-state index in [1.165, 1.54) is 0 Å². The van der Waals surface area contributed by atoms with E-state index in [0.29, 0.717) is 17.3 Å². The molecule has 0 saturated carbocycles. The highest BCUT2D eigenvalue weighted by Gasteiger charge is 2.11. The lowest BCUT2D eigenvalue weighted by molar-refractivity contribution is 0.398. The first kappa shape index (κ1) is 11.1. The van der Waals surface area contributed by atoms with E-state index in [4.69, 9.17) is 21.1 Å². The van der Waals surface area contributed by atoms with E-state index < -0.39 is 0 Å².